The largest absolute Gasteiger partial charge is 0.494 e. The zero-order valence-corrected chi connectivity index (χ0v) is 16.6. The summed E-state index contributed by atoms with van der Waals surface area (Å²) in [6, 6.07) is 12.2. The molecule has 2 N–H and O–H groups in total. The van der Waals surface area contributed by atoms with Crippen LogP contribution < -0.4 is 24.8 Å². The second kappa shape index (κ2) is 9.79. The molecular formula is C21H25N3O5. The highest BCUT2D eigenvalue weighted by atomic mass is 16.6. The van der Waals surface area contributed by atoms with Crippen molar-refractivity contribution in [2.45, 2.75) is 13.5 Å². The van der Waals surface area contributed by atoms with Crippen molar-refractivity contribution in [3.63, 3.8) is 0 Å². The molecule has 154 valence electrons. The zero-order chi connectivity index (χ0) is 20.6. The molecule has 1 aliphatic rings. The number of likely N-dealkylation sites (N-methyl/N-ethyl adjacent to an activating group) is 1. The SMILES string of the molecule is CCOc1ccc(CN(C)CC(=O)NC(=O)Nc2ccc3c(c2)OCCO3)cc1. The molecule has 1 heterocycles. The Hall–Kier alpha value is -3.26. The monoisotopic (exact) mass is 399 g/mol. The smallest absolute Gasteiger partial charge is 0.325 e. The van der Waals surface area contributed by atoms with Gasteiger partial charge in [-0.05, 0) is 43.8 Å². The minimum absolute atomic E-state index is 0.0851. The average molecular weight is 399 g/mol. The van der Waals surface area contributed by atoms with Crippen molar-refractivity contribution in [1.82, 2.24) is 10.2 Å². The van der Waals surface area contributed by atoms with Gasteiger partial charge in [-0.25, -0.2) is 4.79 Å². The maximum Gasteiger partial charge on any atom is 0.325 e. The summed E-state index contributed by atoms with van der Waals surface area (Å²) in [6.45, 7) is 4.17. The number of hydrogen-bond acceptors (Lipinski definition) is 6. The lowest BCUT2D eigenvalue weighted by molar-refractivity contribution is -0.120. The van der Waals surface area contributed by atoms with E-state index in [2.05, 4.69) is 10.6 Å². The Morgan fingerprint density at radius 1 is 1.07 bits per heavy atom. The molecule has 3 rings (SSSR count). The number of anilines is 1. The van der Waals surface area contributed by atoms with Crippen molar-refractivity contribution in [2.75, 3.05) is 38.7 Å². The Labute approximate surface area is 169 Å². The van der Waals surface area contributed by atoms with Crippen molar-refractivity contribution in [2.24, 2.45) is 0 Å². The summed E-state index contributed by atoms with van der Waals surface area (Å²) in [5.41, 5.74) is 1.56. The van der Waals surface area contributed by atoms with Gasteiger partial charge in [0.25, 0.3) is 0 Å². The highest BCUT2D eigenvalue weighted by Crippen LogP contribution is 2.32. The number of hydrogen-bond donors (Lipinski definition) is 2. The van der Waals surface area contributed by atoms with E-state index in [0.29, 0.717) is 43.6 Å². The minimum atomic E-state index is -0.596. The third kappa shape index (κ3) is 6.11. The lowest BCUT2D eigenvalue weighted by Gasteiger charge is -2.19. The molecule has 0 spiro atoms. The van der Waals surface area contributed by atoms with Crippen LogP contribution in [0.3, 0.4) is 0 Å². The lowest BCUT2D eigenvalue weighted by atomic mass is 10.2. The second-order valence-electron chi connectivity index (χ2n) is 6.61. The molecule has 0 atom stereocenters. The van der Waals surface area contributed by atoms with Crippen molar-refractivity contribution >= 4 is 17.6 Å². The fourth-order valence-electron chi connectivity index (χ4n) is 2.92. The lowest BCUT2D eigenvalue weighted by Crippen LogP contribution is -2.40. The molecule has 0 radical (unpaired) electrons. The molecule has 2 aromatic carbocycles. The Kier molecular flexibility index (Phi) is 6.91. The molecule has 0 fully saturated rings. The van der Waals surface area contributed by atoms with Gasteiger partial charge in [-0.2, -0.15) is 0 Å². The molecule has 0 aliphatic carbocycles. The predicted octanol–water partition coefficient (Wildman–Crippen LogP) is 2.64. The molecule has 8 heteroatoms. The van der Waals surface area contributed by atoms with E-state index in [4.69, 9.17) is 14.2 Å². The molecule has 29 heavy (non-hydrogen) atoms. The summed E-state index contributed by atoms with van der Waals surface area (Å²) in [5.74, 6) is 1.62. The van der Waals surface area contributed by atoms with Crippen LogP contribution in [-0.4, -0.2) is 50.3 Å². The highest BCUT2D eigenvalue weighted by molar-refractivity contribution is 6.01. The topological polar surface area (TPSA) is 89.1 Å². The van der Waals surface area contributed by atoms with Gasteiger partial charge < -0.3 is 19.5 Å². The number of ether oxygens (including phenoxy) is 3. The van der Waals surface area contributed by atoms with Crippen molar-refractivity contribution in [3.8, 4) is 17.2 Å². The van der Waals surface area contributed by atoms with Gasteiger partial charge in [0.1, 0.15) is 19.0 Å². The van der Waals surface area contributed by atoms with Crippen LogP contribution in [-0.2, 0) is 11.3 Å². The molecule has 1 aliphatic heterocycles. The van der Waals surface area contributed by atoms with E-state index in [1.165, 1.54) is 0 Å². The zero-order valence-electron chi connectivity index (χ0n) is 16.6. The van der Waals surface area contributed by atoms with Gasteiger partial charge in [-0.1, -0.05) is 12.1 Å². The third-order valence-electron chi connectivity index (χ3n) is 4.15. The van der Waals surface area contributed by atoms with Gasteiger partial charge in [0.05, 0.1) is 13.2 Å². The van der Waals surface area contributed by atoms with E-state index < -0.39 is 11.9 Å². The number of benzene rings is 2. The van der Waals surface area contributed by atoms with E-state index in [1.54, 1.807) is 18.2 Å². The summed E-state index contributed by atoms with van der Waals surface area (Å²) in [7, 11) is 1.81. The highest BCUT2D eigenvalue weighted by Gasteiger charge is 2.14. The fourth-order valence-corrected chi connectivity index (χ4v) is 2.92. The summed E-state index contributed by atoms with van der Waals surface area (Å²) >= 11 is 0. The number of urea groups is 1. The third-order valence-corrected chi connectivity index (χ3v) is 4.15. The average Bonchev–Trinajstić information content (AvgIpc) is 2.69. The van der Waals surface area contributed by atoms with E-state index >= 15 is 0 Å². The summed E-state index contributed by atoms with van der Waals surface area (Å²) in [5, 5.41) is 4.95. The van der Waals surface area contributed by atoms with Gasteiger partial charge in [0.15, 0.2) is 11.5 Å². The van der Waals surface area contributed by atoms with Gasteiger partial charge in [0.2, 0.25) is 5.91 Å². The molecule has 0 saturated heterocycles. The van der Waals surface area contributed by atoms with Gasteiger partial charge in [-0.15, -0.1) is 0 Å². The van der Waals surface area contributed by atoms with Gasteiger partial charge in [-0.3, -0.25) is 15.0 Å². The van der Waals surface area contributed by atoms with Crippen molar-refractivity contribution < 1.29 is 23.8 Å². The quantitative estimate of drug-likeness (QED) is 0.744. The number of rotatable bonds is 7. The normalized spacial score (nSPS) is 12.4. The van der Waals surface area contributed by atoms with Crippen LogP contribution in [0, 0.1) is 0 Å². The van der Waals surface area contributed by atoms with Crippen LogP contribution in [0.1, 0.15) is 12.5 Å². The van der Waals surface area contributed by atoms with Crippen LogP contribution in [0.2, 0.25) is 0 Å². The number of nitrogens with zero attached hydrogens (tertiary/aromatic N) is 1. The summed E-state index contributed by atoms with van der Waals surface area (Å²) in [4.78, 5) is 26.0. The first-order chi connectivity index (χ1) is 14.0. The van der Waals surface area contributed by atoms with Crippen molar-refractivity contribution in [1.29, 1.82) is 0 Å². The molecule has 2 aromatic rings. The molecule has 3 amide bonds. The Balaban J connectivity index is 1.45. The summed E-state index contributed by atoms with van der Waals surface area (Å²) < 4.78 is 16.3. The molecule has 8 nitrogen and oxygen atoms in total. The Bertz CT molecular complexity index is 854. The van der Waals surface area contributed by atoms with E-state index in [9.17, 15) is 9.59 Å². The molecule has 0 saturated carbocycles. The molecule has 0 unspecified atom stereocenters. The predicted molar refractivity (Wildman–Crippen MR) is 109 cm³/mol. The van der Waals surface area contributed by atoms with Gasteiger partial charge in [0, 0.05) is 18.3 Å². The number of amides is 3. The van der Waals surface area contributed by atoms with Crippen LogP contribution in [0.15, 0.2) is 42.5 Å². The number of fused-ring (bicyclic) bond motifs is 1. The first-order valence-electron chi connectivity index (χ1n) is 9.44. The van der Waals surface area contributed by atoms with Crippen molar-refractivity contribution in [3.05, 3.63) is 48.0 Å². The fraction of sp³-hybridized carbons (Fsp3) is 0.333. The van der Waals surface area contributed by atoms with Crippen LogP contribution in [0.25, 0.3) is 0 Å². The van der Waals surface area contributed by atoms with Crippen LogP contribution in [0.5, 0.6) is 17.2 Å². The number of imide groups is 1. The maximum atomic E-state index is 12.1. The van der Waals surface area contributed by atoms with Crippen LogP contribution in [0.4, 0.5) is 10.5 Å². The first kappa shape index (κ1) is 20.5. The van der Waals surface area contributed by atoms with E-state index in [1.807, 2.05) is 43.1 Å². The number of carbonyl (C=O) groups is 2. The van der Waals surface area contributed by atoms with E-state index in [0.717, 1.165) is 11.3 Å². The van der Waals surface area contributed by atoms with E-state index in [-0.39, 0.29) is 6.54 Å². The van der Waals surface area contributed by atoms with Gasteiger partial charge >= 0.3 is 6.03 Å². The maximum absolute atomic E-state index is 12.1. The molecular weight excluding hydrogens is 374 g/mol. The Morgan fingerprint density at radius 2 is 1.79 bits per heavy atom. The molecule has 0 bridgehead atoms. The standard InChI is InChI=1S/C21H25N3O5/c1-3-27-17-7-4-15(5-8-17)13-24(2)14-20(25)23-21(26)22-16-6-9-18-19(12-16)29-11-10-28-18/h4-9,12H,3,10-11,13-14H2,1-2H3,(H2,22,23,25,26). The van der Waals surface area contributed by atoms with Crippen LogP contribution >= 0.6 is 0 Å². The minimum Gasteiger partial charge on any atom is -0.494 e. The second-order valence-corrected chi connectivity index (χ2v) is 6.61. The Morgan fingerprint density at radius 3 is 2.52 bits per heavy atom. The summed E-state index contributed by atoms with van der Waals surface area (Å²) in [6.07, 6.45) is 0. The number of nitrogens with one attached hydrogen (secondary N) is 2. The molecule has 0 aromatic heterocycles. The number of carbonyl (C=O) groups excluding carboxylic acids is 2. The first-order valence-corrected chi connectivity index (χ1v) is 9.44.